The van der Waals surface area contributed by atoms with E-state index in [2.05, 4.69) is 31.5 Å². The van der Waals surface area contributed by atoms with Gasteiger partial charge in [-0.15, -0.1) is 0 Å². The minimum absolute atomic E-state index is 0.0947. The van der Waals surface area contributed by atoms with E-state index in [0.717, 1.165) is 12.1 Å². The van der Waals surface area contributed by atoms with Gasteiger partial charge in [0.05, 0.1) is 43.5 Å². The molecule has 154 valence electrons. The predicted octanol–water partition coefficient (Wildman–Crippen LogP) is 1.01. The molecule has 0 spiro atoms. The fourth-order valence-electron chi connectivity index (χ4n) is 3.36. The highest BCUT2D eigenvalue weighted by Gasteiger charge is 2.22. The number of morpholine rings is 1. The Morgan fingerprint density at radius 2 is 1.79 bits per heavy atom. The first-order chi connectivity index (χ1) is 13.9. The maximum atomic E-state index is 12.9. The number of nitrogens with zero attached hydrogens (tertiary/aromatic N) is 2. The number of rotatable bonds is 7. The molecule has 2 aromatic rings. The van der Waals surface area contributed by atoms with Crippen LogP contribution in [0.5, 0.6) is 0 Å². The lowest BCUT2D eigenvalue weighted by Gasteiger charge is -2.30. The molecule has 1 fully saturated rings. The largest absolute Gasteiger partial charge is 0.378 e. The summed E-state index contributed by atoms with van der Waals surface area (Å²) < 4.78 is 5.37. The van der Waals surface area contributed by atoms with E-state index in [1.54, 1.807) is 6.07 Å². The van der Waals surface area contributed by atoms with E-state index in [4.69, 9.17) is 4.74 Å². The van der Waals surface area contributed by atoms with Crippen LogP contribution in [-0.4, -0.2) is 51.2 Å². The van der Waals surface area contributed by atoms with Gasteiger partial charge in [0.25, 0.3) is 11.6 Å². The zero-order valence-electron chi connectivity index (χ0n) is 16.8. The molecule has 3 rings (SSSR count). The Labute approximate surface area is 170 Å². The molecule has 29 heavy (non-hydrogen) atoms. The van der Waals surface area contributed by atoms with Gasteiger partial charge in [-0.3, -0.25) is 14.9 Å². The van der Waals surface area contributed by atoms with Gasteiger partial charge in [-0.1, -0.05) is 24.3 Å². The maximum Gasteiger partial charge on any atom is 0.270 e. The fraction of sp³-hybridized carbons (Fsp3) is 0.381. The Bertz CT molecular complexity index is 861. The molecule has 0 saturated carbocycles. The van der Waals surface area contributed by atoms with Crippen LogP contribution in [0.2, 0.25) is 0 Å². The molecule has 0 aliphatic carbocycles. The third-order valence-corrected chi connectivity index (χ3v) is 4.82. The molecule has 0 bridgehead atoms. The number of ether oxygens (including phenoxy) is 1. The monoisotopic (exact) mass is 399 g/mol. The van der Waals surface area contributed by atoms with Gasteiger partial charge in [0.2, 0.25) is 0 Å². The second-order valence-corrected chi connectivity index (χ2v) is 7.44. The molecule has 1 aliphatic heterocycles. The molecule has 2 N–H and O–H groups in total. The number of quaternary nitrogens is 1. The van der Waals surface area contributed by atoms with Gasteiger partial charge in [0, 0.05) is 37.3 Å². The van der Waals surface area contributed by atoms with Gasteiger partial charge in [-0.05, 0) is 11.6 Å². The topological polar surface area (TPSA) is 89.1 Å². The molecule has 1 heterocycles. The van der Waals surface area contributed by atoms with E-state index in [-0.39, 0.29) is 11.6 Å². The first kappa shape index (κ1) is 20.8. The molecule has 8 nitrogen and oxygen atoms in total. The van der Waals surface area contributed by atoms with E-state index in [1.807, 2.05) is 17.0 Å². The number of anilines is 1. The summed E-state index contributed by atoms with van der Waals surface area (Å²) in [5.41, 5.74) is 3.12. The molecule has 0 atom stereocenters. The number of hydrogen-bond donors (Lipinski definition) is 2. The Morgan fingerprint density at radius 3 is 2.41 bits per heavy atom. The average Bonchev–Trinajstić information content (AvgIpc) is 2.72. The highest BCUT2D eigenvalue weighted by atomic mass is 16.6. The highest BCUT2D eigenvalue weighted by molar-refractivity contribution is 6.00. The van der Waals surface area contributed by atoms with Crippen molar-refractivity contribution in [3.8, 4) is 0 Å². The number of benzene rings is 2. The second kappa shape index (κ2) is 9.49. The van der Waals surface area contributed by atoms with E-state index in [1.165, 1.54) is 22.6 Å². The quantitative estimate of drug-likeness (QED) is 0.536. The summed E-state index contributed by atoms with van der Waals surface area (Å²) in [6.45, 7) is 3.72. The summed E-state index contributed by atoms with van der Waals surface area (Å²) in [7, 11) is 4.19. The van der Waals surface area contributed by atoms with Crippen molar-refractivity contribution in [2.75, 3.05) is 45.3 Å². The number of nitrogens with one attached hydrogen (secondary N) is 2. The van der Waals surface area contributed by atoms with Crippen LogP contribution in [0.4, 0.5) is 11.4 Å². The highest BCUT2D eigenvalue weighted by Crippen LogP contribution is 2.26. The van der Waals surface area contributed by atoms with Crippen molar-refractivity contribution < 1.29 is 19.4 Å². The van der Waals surface area contributed by atoms with Crippen molar-refractivity contribution in [1.29, 1.82) is 0 Å². The third-order valence-electron chi connectivity index (χ3n) is 4.82. The molecule has 8 heteroatoms. The van der Waals surface area contributed by atoms with Crippen LogP contribution < -0.4 is 15.1 Å². The van der Waals surface area contributed by atoms with Crippen LogP contribution in [0.1, 0.15) is 21.5 Å². The van der Waals surface area contributed by atoms with Crippen LogP contribution in [-0.2, 0) is 17.8 Å². The van der Waals surface area contributed by atoms with E-state index in [0.29, 0.717) is 44.1 Å². The minimum Gasteiger partial charge on any atom is -0.378 e. The molecule has 1 aliphatic rings. The summed E-state index contributed by atoms with van der Waals surface area (Å²) in [5.74, 6) is -0.322. The van der Waals surface area contributed by atoms with Crippen LogP contribution in [0.3, 0.4) is 0 Å². The van der Waals surface area contributed by atoms with E-state index >= 15 is 0 Å². The molecule has 0 aromatic heterocycles. The Balaban J connectivity index is 1.74. The first-order valence-electron chi connectivity index (χ1n) is 9.70. The smallest absolute Gasteiger partial charge is 0.270 e. The van der Waals surface area contributed by atoms with Gasteiger partial charge in [-0.25, -0.2) is 0 Å². The molecule has 0 unspecified atom stereocenters. The first-order valence-corrected chi connectivity index (χ1v) is 9.70. The molecular weight excluding hydrogens is 372 g/mol. The van der Waals surface area contributed by atoms with Crippen molar-refractivity contribution in [2.45, 2.75) is 13.1 Å². The lowest BCUT2D eigenvalue weighted by Crippen LogP contribution is -3.04. The summed E-state index contributed by atoms with van der Waals surface area (Å²) in [6, 6.07) is 12.5. The molecule has 1 saturated heterocycles. The van der Waals surface area contributed by atoms with Gasteiger partial charge in [-0.2, -0.15) is 0 Å². The van der Waals surface area contributed by atoms with Crippen molar-refractivity contribution >= 4 is 17.3 Å². The SMILES string of the molecule is C[NH+](C)Cc1ccc(CNC(=O)c2cc([N+](=O)[O-])ccc2N2CCOCC2)cc1. The van der Waals surface area contributed by atoms with Gasteiger partial charge in [0.15, 0.2) is 0 Å². The van der Waals surface area contributed by atoms with Gasteiger partial charge < -0.3 is 19.9 Å². The summed E-state index contributed by atoms with van der Waals surface area (Å²) >= 11 is 0. The number of hydrogen-bond acceptors (Lipinski definition) is 5. The fourth-order valence-corrected chi connectivity index (χ4v) is 3.36. The molecule has 2 aromatic carbocycles. The standard InChI is InChI=1S/C21H26N4O4/c1-23(2)15-17-5-3-16(4-6-17)14-22-21(26)19-13-18(25(27)28)7-8-20(19)24-9-11-29-12-10-24/h3-8,13H,9-12,14-15H2,1-2H3,(H,22,26)/p+1. The summed E-state index contributed by atoms with van der Waals surface area (Å²) in [4.78, 5) is 27.0. The lowest BCUT2D eigenvalue weighted by molar-refractivity contribution is -0.872. The third kappa shape index (κ3) is 5.52. The van der Waals surface area contributed by atoms with E-state index < -0.39 is 4.92 Å². The molecule has 0 radical (unpaired) electrons. The van der Waals surface area contributed by atoms with Crippen molar-refractivity contribution in [1.82, 2.24) is 5.32 Å². The number of carbonyl (C=O) groups is 1. The molecule has 1 amide bonds. The maximum absolute atomic E-state index is 12.9. The summed E-state index contributed by atoms with van der Waals surface area (Å²) in [6.07, 6.45) is 0. The van der Waals surface area contributed by atoms with Gasteiger partial charge >= 0.3 is 0 Å². The van der Waals surface area contributed by atoms with Crippen LogP contribution in [0, 0.1) is 10.1 Å². The van der Waals surface area contributed by atoms with Crippen molar-refractivity contribution in [3.05, 3.63) is 69.3 Å². The van der Waals surface area contributed by atoms with Crippen molar-refractivity contribution in [2.24, 2.45) is 0 Å². The lowest BCUT2D eigenvalue weighted by atomic mass is 10.1. The zero-order chi connectivity index (χ0) is 20.8. The zero-order valence-corrected chi connectivity index (χ0v) is 16.8. The Morgan fingerprint density at radius 1 is 1.14 bits per heavy atom. The van der Waals surface area contributed by atoms with Gasteiger partial charge in [0.1, 0.15) is 6.54 Å². The normalized spacial score (nSPS) is 14.1. The number of nitro benzene ring substituents is 1. The Kier molecular flexibility index (Phi) is 6.79. The number of nitro groups is 1. The Hall–Kier alpha value is -2.97. The van der Waals surface area contributed by atoms with E-state index in [9.17, 15) is 14.9 Å². The summed E-state index contributed by atoms with van der Waals surface area (Å²) in [5, 5.41) is 14.1. The predicted molar refractivity (Wildman–Crippen MR) is 110 cm³/mol. The van der Waals surface area contributed by atoms with Crippen LogP contribution >= 0.6 is 0 Å². The van der Waals surface area contributed by atoms with Crippen molar-refractivity contribution in [3.63, 3.8) is 0 Å². The molecular formula is C21H27N4O4+. The minimum atomic E-state index is -0.481. The second-order valence-electron chi connectivity index (χ2n) is 7.44. The van der Waals surface area contributed by atoms with Crippen LogP contribution in [0.25, 0.3) is 0 Å². The number of non-ortho nitro benzene ring substituents is 1. The van der Waals surface area contributed by atoms with Crippen LogP contribution in [0.15, 0.2) is 42.5 Å². The number of carbonyl (C=O) groups excluding carboxylic acids is 1. The number of amides is 1. The average molecular weight is 399 g/mol.